The number of fused-ring (bicyclic) bond motifs is 1. The van der Waals surface area contributed by atoms with Gasteiger partial charge in [-0.1, -0.05) is 0 Å². The number of anilines is 1. The molecule has 0 aromatic carbocycles. The summed E-state index contributed by atoms with van der Waals surface area (Å²) < 4.78 is 22.2. The van der Waals surface area contributed by atoms with Crippen molar-refractivity contribution in [1.29, 1.82) is 0 Å². The first-order chi connectivity index (χ1) is 5.58. The van der Waals surface area contributed by atoms with Gasteiger partial charge in [-0.2, -0.15) is 0 Å². The van der Waals surface area contributed by atoms with E-state index in [0.29, 0.717) is 11.3 Å². The molecule has 1 aromatic rings. The SMILES string of the molecule is Nc1ncnc2c1CS(=O)(=O)C2. The van der Waals surface area contributed by atoms with Gasteiger partial charge in [0.05, 0.1) is 17.2 Å². The zero-order valence-corrected chi connectivity index (χ0v) is 7.00. The molecule has 0 amide bonds. The average molecular weight is 185 g/mol. The van der Waals surface area contributed by atoms with Crippen molar-refractivity contribution in [2.24, 2.45) is 0 Å². The van der Waals surface area contributed by atoms with Gasteiger partial charge in [-0.3, -0.25) is 0 Å². The molecule has 1 aromatic heterocycles. The summed E-state index contributed by atoms with van der Waals surface area (Å²) in [5.74, 6) is 0.255. The molecule has 5 nitrogen and oxygen atoms in total. The van der Waals surface area contributed by atoms with Crippen molar-refractivity contribution in [3.05, 3.63) is 17.6 Å². The molecule has 2 rings (SSSR count). The summed E-state index contributed by atoms with van der Waals surface area (Å²) in [6.45, 7) is 0. The third-order valence-electron chi connectivity index (χ3n) is 1.79. The Labute approximate surface area is 69.6 Å². The molecule has 12 heavy (non-hydrogen) atoms. The van der Waals surface area contributed by atoms with Crippen LogP contribution in [0.4, 0.5) is 5.82 Å². The summed E-state index contributed by atoms with van der Waals surface area (Å²) in [6.07, 6.45) is 1.29. The zero-order valence-electron chi connectivity index (χ0n) is 6.19. The Balaban J connectivity index is 2.63. The minimum atomic E-state index is -3.01. The van der Waals surface area contributed by atoms with E-state index in [4.69, 9.17) is 5.73 Å². The lowest BCUT2D eigenvalue weighted by Gasteiger charge is -1.96. The molecule has 1 aliphatic rings. The normalized spacial score (nSPS) is 19.0. The molecular formula is C6H7N3O2S. The highest BCUT2D eigenvalue weighted by Gasteiger charge is 2.27. The second kappa shape index (κ2) is 2.16. The zero-order chi connectivity index (χ0) is 8.77. The van der Waals surface area contributed by atoms with Crippen LogP contribution in [0.25, 0.3) is 0 Å². The number of aromatic nitrogens is 2. The van der Waals surface area contributed by atoms with E-state index in [9.17, 15) is 8.42 Å². The van der Waals surface area contributed by atoms with Crippen LogP contribution in [0.1, 0.15) is 11.3 Å². The Kier molecular flexibility index (Phi) is 1.35. The molecule has 1 aliphatic heterocycles. The van der Waals surface area contributed by atoms with E-state index in [2.05, 4.69) is 9.97 Å². The van der Waals surface area contributed by atoms with Gasteiger partial charge in [-0.15, -0.1) is 0 Å². The molecule has 6 heteroatoms. The van der Waals surface area contributed by atoms with Crippen LogP contribution >= 0.6 is 0 Å². The van der Waals surface area contributed by atoms with Crippen LogP contribution in [0, 0.1) is 0 Å². The molecule has 0 unspecified atom stereocenters. The highest BCUT2D eigenvalue weighted by atomic mass is 32.2. The van der Waals surface area contributed by atoms with Crippen LogP contribution in [-0.2, 0) is 21.3 Å². The average Bonchev–Trinajstić information content (AvgIpc) is 2.25. The maximum atomic E-state index is 11.1. The van der Waals surface area contributed by atoms with Gasteiger partial charge in [0.15, 0.2) is 9.84 Å². The molecule has 0 spiro atoms. The largest absolute Gasteiger partial charge is 0.383 e. The molecule has 0 radical (unpaired) electrons. The van der Waals surface area contributed by atoms with Gasteiger partial charge in [-0.25, -0.2) is 18.4 Å². The molecule has 64 valence electrons. The smallest absolute Gasteiger partial charge is 0.160 e. The quantitative estimate of drug-likeness (QED) is 0.588. The van der Waals surface area contributed by atoms with Gasteiger partial charge in [0.2, 0.25) is 0 Å². The fourth-order valence-electron chi connectivity index (χ4n) is 1.23. The highest BCUT2D eigenvalue weighted by molar-refractivity contribution is 7.90. The summed E-state index contributed by atoms with van der Waals surface area (Å²) in [4.78, 5) is 7.56. The Bertz CT molecular complexity index is 426. The third kappa shape index (κ3) is 1.04. The maximum Gasteiger partial charge on any atom is 0.160 e. The van der Waals surface area contributed by atoms with Crippen molar-refractivity contribution in [1.82, 2.24) is 9.97 Å². The van der Waals surface area contributed by atoms with Gasteiger partial charge in [0.25, 0.3) is 0 Å². The van der Waals surface area contributed by atoms with Crippen LogP contribution in [0.3, 0.4) is 0 Å². The van der Waals surface area contributed by atoms with E-state index < -0.39 is 9.84 Å². The monoisotopic (exact) mass is 185 g/mol. The van der Waals surface area contributed by atoms with E-state index in [1.165, 1.54) is 6.33 Å². The second-order valence-electron chi connectivity index (χ2n) is 2.72. The first-order valence-corrected chi connectivity index (χ1v) is 5.19. The van der Waals surface area contributed by atoms with E-state index >= 15 is 0 Å². The molecular weight excluding hydrogens is 178 g/mol. The molecule has 0 aliphatic carbocycles. The van der Waals surface area contributed by atoms with Crippen molar-refractivity contribution in [3.8, 4) is 0 Å². The van der Waals surface area contributed by atoms with Crippen LogP contribution in [0.15, 0.2) is 6.33 Å². The van der Waals surface area contributed by atoms with Crippen molar-refractivity contribution < 1.29 is 8.42 Å². The Morgan fingerprint density at radius 2 is 2.08 bits per heavy atom. The number of nitrogens with zero attached hydrogens (tertiary/aromatic N) is 2. The van der Waals surface area contributed by atoms with E-state index in [1.54, 1.807) is 0 Å². The second-order valence-corrected chi connectivity index (χ2v) is 4.78. The predicted octanol–water partition coefficient (Wildman–Crippen LogP) is -0.513. The van der Waals surface area contributed by atoms with E-state index in [-0.39, 0.29) is 17.3 Å². The molecule has 0 bridgehead atoms. The van der Waals surface area contributed by atoms with Gasteiger partial charge in [-0.05, 0) is 0 Å². The Morgan fingerprint density at radius 1 is 1.33 bits per heavy atom. The number of hydrogen-bond acceptors (Lipinski definition) is 5. The standard InChI is InChI=1S/C6H7N3O2S/c7-6-4-1-12(10,11)2-5(4)8-3-9-6/h3H,1-2H2,(H2,7,8,9). The molecule has 0 saturated carbocycles. The predicted molar refractivity (Wildman–Crippen MR) is 42.8 cm³/mol. The van der Waals surface area contributed by atoms with Crippen LogP contribution in [-0.4, -0.2) is 18.4 Å². The van der Waals surface area contributed by atoms with Crippen molar-refractivity contribution in [3.63, 3.8) is 0 Å². The molecule has 0 fully saturated rings. The summed E-state index contributed by atoms with van der Waals surface area (Å²) in [6, 6.07) is 0. The lowest BCUT2D eigenvalue weighted by molar-refractivity contribution is 0.598. The number of rotatable bonds is 0. The number of sulfone groups is 1. The summed E-state index contributed by atoms with van der Waals surface area (Å²) in [5, 5.41) is 0. The third-order valence-corrected chi connectivity index (χ3v) is 3.23. The summed E-state index contributed by atoms with van der Waals surface area (Å²) in [7, 11) is -3.01. The maximum absolute atomic E-state index is 11.1. The summed E-state index contributed by atoms with van der Waals surface area (Å²) >= 11 is 0. The molecule has 0 atom stereocenters. The van der Waals surface area contributed by atoms with E-state index in [1.807, 2.05) is 0 Å². The topological polar surface area (TPSA) is 85.9 Å². The first kappa shape index (κ1) is 7.48. The van der Waals surface area contributed by atoms with Gasteiger partial charge < -0.3 is 5.73 Å². The Hall–Kier alpha value is -1.17. The minimum absolute atomic E-state index is 0.00491. The summed E-state index contributed by atoms with van der Waals surface area (Å²) in [5.41, 5.74) is 6.59. The number of nitrogens with two attached hydrogens (primary N) is 1. The number of nitrogen functional groups attached to an aromatic ring is 1. The number of hydrogen-bond donors (Lipinski definition) is 1. The molecule has 0 saturated heterocycles. The van der Waals surface area contributed by atoms with Crippen molar-refractivity contribution in [2.75, 3.05) is 5.73 Å². The fourth-order valence-corrected chi connectivity index (χ4v) is 2.75. The van der Waals surface area contributed by atoms with Crippen molar-refractivity contribution >= 4 is 15.7 Å². The highest BCUT2D eigenvalue weighted by Crippen LogP contribution is 2.25. The lowest BCUT2D eigenvalue weighted by atomic mass is 10.2. The van der Waals surface area contributed by atoms with Crippen molar-refractivity contribution in [2.45, 2.75) is 11.5 Å². The van der Waals surface area contributed by atoms with Gasteiger partial charge in [0, 0.05) is 5.56 Å². The fraction of sp³-hybridized carbons (Fsp3) is 0.333. The molecule has 2 heterocycles. The first-order valence-electron chi connectivity index (χ1n) is 3.37. The minimum Gasteiger partial charge on any atom is -0.383 e. The van der Waals surface area contributed by atoms with E-state index in [0.717, 1.165) is 0 Å². The van der Waals surface area contributed by atoms with Gasteiger partial charge in [0.1, 0.15) is 12.1 Å². The van der Waals surface area contributed by atoms with Crippen LogP contribution in [0.5, 0.6) is 0 Å². The molecule has 2 N–H and O–H groups in total. The van der Waals surface area contributed by atoms with Gasteiger partial charge >= 0.3 is 0 Å². The van der Waals surface area contributed by atoms with Crippen LogP contribution < -0.4 is 5.73 Å². The Morgan fingerprint density at radius 3 is 2.75 bits per heavy atom. The lowest BCUT2D eigenvalue weighted by Crippen LogP contribution is -1.99. The van der Waals surface area contributed by atoms with Crippen LogP contribution in [0.2, 0.25) is 0 Å².